The summed E-state index contributed by atoms with van der Waals surface area (Å²) < 4.78 is 27.3. The van der Waals surface area contributed by atoms with Crippen LogP contribution in [0.15, 0.2) is 30.5 Å². The lowest BCUT2D eigenvalue weighted by Gasteiger charge is -2.07. The maximum absolute atomic E-state index is 13.8. The van der Waals surface area contributed by atoms with Gasteiger partial charge in [0.05, 0.1) is 5.56 Å². The molecule has 0 fully saturated rings. The third-order valence-corrected chi connectivity index (χ3v) is 2.63. The predicted molar refractivity (Wildman–Crippen MR) is 63.5 cm³/mol. The van der Waals surface area contributed by atoms with Crippen molar-refractivity contribution in [2.75, 3.05) is 0 Å². The minimum absolute atomic E-state index is 0.127. The van der Waals surface area contributed by atoms with Crippen molar-refractivity contribution in [2.45, 2.75) is 13.8 Å². The Balaban J connectivity index is 2.57. The Morgan fingerprint density at radius 1 is 1.17 bits per heavy atom. The first-order chi connectivity index (χ1) is 8.50. The van der Waals surface area contributed by atoms with Gasteiger partial charge in [0.25, 0.3) is 0 Å². The van der Waals surface area contributed by atoms with Gasteiger partial charge in [-0.1, -0.05) is 6.07 Å². The molecule has 0 aliphatic carbocycles. The lowest BCUT2D eigenvalue weighted by molar-refractivity contribution is 0.102. The summed E-state index contributed by atoms with van der Waals surface area (Å²) in [4.78, 5) is 15.7. The zero-order valence-electron chi connectivity index (χ0n) is 10.00. The van der Waals surface area contributed by atoms with Crippen LogP contribution in [0.5, 0.6) is 0 Å². The van der Waals surface area contributed by atoms with E-state index < -0.39 is 17.4 Å². The Kier molecular flexibility index (Phi) is 3.19. The molecule has 0 atom stereocenters. The highest BCUT2D eigenvalue weighted by Gasteiger charge is 2.21. The second kappa shape index (κ2) is 4.64. The Morgan fingerprint density at radius 2 is 1.89 bits per heavy atom. The monoisotopic (exact) mass is 247 g/mol. The first-order valence-corrected chi connectivity index (χ1v) is 5.42. The summed E-state index contributed by atoms with van der Waals surface area (Å²) in [6, 6.07) is 5.43. The third-order valence-electron chi connectivity index (χ3n) is 2.63. The number of benzene rings is 1. The summed E-state index contributed by atoms with van der Waals surface area (Å²) in [5, 5.41) is 0. The minimum Gasteiger partial charge on any atom is -0.287 e. The maximum Gasteiger partial charge on any atom is 0.217 e. The lowest BCUT2D eigenvalue weighted by atomic mass is 9.99. The average molecular weight is 247 g/mol. The maximum atomic E-state index is 13.8. The van der Waals surface area contributed by atoms with Gasteiger partial charge < -0.3 is 0 Å². The molecule has 0 bridgehead atoms. The van der Waals surface area contributed by atoms with E-state index >= 15 is 0 Å². The van der Waals surface area contributed by atoms with Crippen LogP contribution >= 0.6 is 0 Å². The van der Waals surface area contributed by atoms with Gasteiger partial charge in [0.2, 0.25) is 5.78 Å². The van der Waals surface area contributed by atoms with Crippen LogP contribution < -0.4 is 0 Å². The number of aryl methyl sites for hydroxylation is 2. The summed E-state index contributed by atoms with van der Waals surface area (Å²) in [6.07, 6.45) is 1.30. The van der Waals surface area contributed by atoms with Crippen LogP contribution in [0.3, 0.4) is 0 Å². The summed E-state index contributed by atoms with van der Waals surface area (Å²) in [6.45, 7) is 3.34. The van der Waals surface area contributed by atoms with Gasteiger partial charge in [0.15, 0.2) is 5.82 Å². The minimum atomic E-state index is -0.748. The third kappa shape index (κ3) is 2.14. The summed E-state index contributed by atoms with van der Waals surface area (Å²) in [5.74, 6) is -2.13. The molecule has 0 spiro atoms. The number of nitrogens with zero attached hydrogens (tertiary/aromatic N) is 1. The highest BCUT2D eigenvalue weighted by Crippen LogP contribution is 2.19. The van der Waals surface area contributed by atoms with Gasteiger partial charge in [-0.25, -0.2) is 13.8 Å². The number of ketones is 1. The molecule has 0 unspecified atom stereocenters. The molecule has 0 N–H and O–H groups in total. The van der Waals surface area contributed by atoms with Gasteiger partial charge in [0, 0.05) is 6.20 Å². The van der Waals surface area contributed by atoms with E-state index in [2.05, 4.69) is 4.98 Å². The second-order valence-electron chi connectivity index (χ2n) is 4.10. The topological polar surface area (TPSA) is 30.0 Å². The van der Waals surface area contributed by atoms with E-state index in [9.17, 15) is 13.6 Å². The molecule has 4 heteroatoms. The van der Waals surface area contributed by atoms with E-state index in [0.29, 0.717) is 11.1 Å². The first kappa shape index (κ1) is 12.4. The van der Waals surface area contributed by atoms with Crippen molar-refractivity contribution in [3.05, 3.63) is 64.5 Å². The van der Waals surface area contributed by atoms with Crippen LogP contribution in [0.25, 0.3) is 0 Å². The van der Waals surface area contributed by atoms with E-state index in [1.54, 1.807) is 19.9 Å². The van der Waals surface area contributed by atoms with Gasteiger partial charge in [-0.2, -0.15) is 0 Å². The van der Waals surface area contributed by atoms with E-state index in [-0.39, 0.29) is 11.3 Å². The van der Waals surface area contributed by atoms with E-state index in [1.807, 2.05) is 0 Å². The zero-order chi connectivity index (χ0) is 13.3. The average Bonchev–Trinajstić information content (AvgIpc) is 2.27. The highest BCUT2D eigenvalue weighted by molar-refractivity contribution is 6.09. The van der Waals surface area contributed by atoms with E-state index in [1.165, 1.54) is 18.3 Å². The van der Waals surface area contributed by atoms with Crippen LogP contribution in [0.1, 0.15) is 27.2 Å². The number of halogens is 2. The number of rotatable bonds is 2. The molecular weight excluding hydrogens is 236 g/mol. The molecule has 0 saturated carbocycles. The molecule has 2 nitrogen and oxygen atoms in total. The number of pyridine rings is 1. The molecule has 2 aromatic rings. The summed E-state index contributed by atoms with van der Waals surface area (Å²) in [5.41, 5.74) is 0.701. The quantitative estimate of drug-likeness (QED) is 0.763. The standard InChI is InChI=1S/C14H11F2NO/c1-8-6-9(2)12(11(16)7-8)14(18)13-10(15)4-3-5-17-13/h3-7H,1-2H3. The molecule has 92 valence electrons. The molecule has 0 aliphatic heterocycles. The second-order valence-corrected chi connectivity index (χ2v) is 4.10. The van der Waals surface area contributed by atoms with Gasteiger partial charge in [-0.15, -0.1) is 0 Å². The molecule has 0 saturated heterocycles. The van der Waals surface area contributed by atoms with Gasteiger partial charge in [-0.3, -0.25) is 4.79 Å². The highest BCUT2D eigenvalue weighted by atomic mass is 19.1. The molecule has 0 aliphatic rings. The van der Waals surface area contributed by atoms with Gasteiger partial charge in [0.1, 0.15) is 11.5 Å². The predicted octanol–water partition coefficient (Wildman–Crippen LogP) is 3.21. The molecule has 0 radical (unpaired) electrons. The van der Waals surface area contributed by atoms with Crippen molar-refractivity contribution < 1.29 is 13.6 Å². The fourth-order valence-electron chi connectivity index (χ4n) is 1.87. The Labute approximate surface area is 103 Å². The largest absolute Gasteiger partial charge is 0.287 e. The van der Waals surface area contributed by atoms with Crippen molar-refractivity contribution in [2.24, 2.45) is 0 Å². The van der Waals surface area contributed by atoms with Crippen molar-refractivity contribution in [1.29, 1.82) is 0 Å². The zero-order valence-corrected chi connectivity index (χ0v) is 10.00. The Hall–Kier alpha value is -2.10. The van der Waals surface area contributed by atoms with Crippen LogP contribution in [0.4, 0.5) is 8.78 Å². The van der Waals surface area contributed by atoms with Crippen LogP contribution in [0, 0.1) is 25.5 Å². The van der Waals surface area contributed by atoms with Crippen molar-refractivity contribution in [1.82, 2.24) is 4.98 Å². The van der Waals surface area contributed by atoms with Crippen molar-refractivity contribution in [3.8, 4) is 0 Å². The SMILES string of the molecule is Cc1cc(C)c(C(=O)c2ncccc2F)c(F)c1. The molecule has 1 aromatic heterocycles. The first-order valence-electron chi connectivity index (χ1n) is 5.42. The molecule has 1 aromatic carbocycles. The number of aromatic nitrogens is 1. The van der Waals surface area contributed by atoms with E-state index in [4.69, 9.17) is 0 Å². The number of hydrogen-bond donors (Lipinski definition) is 0. The molecule has 1 heterocycles. The van der Waals surface area contributed by atoms with Gasteiger partial charge >= 0.3 is 0 Å². The molecular formula is C14H11F2NO. The summed E-state index contributed by atoms with van der Waals surface area (Å²) >= 11 is 0. The summed E-state index contributed by atoms with van der Waals surface area (Å²) in [7, 11) is 0. The smallest absolute Gasteiger partial charge is 0.217 e. The Bertz CT molecular complexity index is 600. The normalized spacial score (nSPS) is 10.4. The molecule has 2 rings (SSSR count). The molecule has 18 heavy (non-hydrogen) atoms. The fourth-order valence-corrected chi connectivity index (χ4v) is 1.87. The van der Waals surface area contributed by atoms with Crippen molar-refractivity contribution >= 4 is 5.78 Å². The van der Waals surface area contributed by atoms with E-state index in [0.717, 1.165) is 6.07 Å². The number of hydrogen-bond acceptors (Lipinski definition) is 2. The fraction of sp³-hybridized carbons (Fsp3) is 0.143. The van der Waals surface area contributed by atoms with Crippen LogP contribution in [-0.4, -0.2) is 10.8 Å². The number of carbonyl (C=O) groups is 1. The van der Waals surface area contributed by atoms with Gasteiger partial charge in [-0.05, 0) is 43.2 Å². The molecule has 0 amide bonds. The lowest BCUT2D eigenvalue weighted by Crippen LogP contribution is -2.11. The number of carbonyl (C=O) groups excluding carboxylic acids is 1. The van der Waals surface area contributed by atoms with Crippen LogP contribution in [0.2, 0.25) is 0 Å². The van der Waals surface area contributed by atoms with Crippen molar-refractivity contribution in [3.63, 3.8) is 0 Å². The van der Waals surface area contributed by atoms with Crippen LogP contribution in [-0.2, 0) is 0 Å². The Morgan fingerprint density at radius 3 is 2.50 bits per heavy atom.